The van der Waals surface area contributed by atoms with Crippen LogP contribution < -0.4 is 5.32 Å². The highest BCUT2D eigenvalue weighted by atomic mass is 32.2. The van der Waals surface area contributed by atoms with Gasteiger partial charge in [0.2, 0.25) is 0 Å². The van der Waals surface area contributed by atoms with E-state index in [9.17, 15) is 4.55 Å². The summed E-state index contributed by atoms with van der Waals surface area (Å²) in [4.78, 5) is 5.09. The first-order valence-corrected chi connectivity index (χ1v) is 9.20. The third kappa shape index (κ3) is 2.52. The maximum atomic E-state index is 13.2. The first kappa shape index (κ1) is 14.5. The van der Waals surface area contributed by atoms with Crippen LogP contribution in [-0.2, 0) is 11.4 Å². The molecule has 0 bridgehead atoms. The second-order valence-electron chi connectivity index (χ2n) is 6.16. The Morgan fingerprint density at radius 2 is 2.18 bits per heavy atom. The SMILES string of the molecule is [O-][S+](c1cccc2cnccc12)N1CCC2NCCCCC21. The number of nitrogens with zero attached hydrogens (tertiary/aromatic N) is 2. The number of rotatable bonds is 2. The number of hydrogen-bond acceptors (Lipinski definition) is 4. The van der Waals surface area contributed by atoms with Crippen molar-refractivity contribution in [1.29, 1.82) is 0 Å². The normalized spacial score (nSPS) is 27.5. The molecule has 2 aromatic rings. The predicted molar refractivity (Wildman–Crippen MR) is 88.9 cm³/mol. The van der Waals surface area contributed by atoms with Crippen LogP contribution in [0.15, 0.2) is 41.6 Å². The van der Waals surface area contributed by atoms with Gasteiger partial charge in [-0.25, -0.2) is 0 Å². The molecule has 2 saturated heterocycles. The number of aromatic nitrogens is 1. The van der Waals surface area contributed by atoms with E-state index in [1.54, 1.807) is 6.20 Å². The van der Waals surface area contributed by atoms with Crippen molar-refractivity contribution in [2.24, 2.45) is 0 Å². The molecule has 4 rings (SSSR count). The van der Waals surface area contributed by atoms with Gasteiger partial charge in [0.15, 0.2) is 4.90 Å². The molecule has 3 heterocycles. The zero-order valence-corrected chi connectivity index (χ0v) is 13.4. The van der Waals surface area contributed by atoms with Crippen molar-refractivity contribution in [2.45, 2.75) is 42.7 Å². The monoisotopic (exact) mass is 315 g/mol. The Balaban J connectivity index is 1.67. The van der Waals surface area contributed by atoms with E-state index in [1.165, 1.54) is 12.8 Å². The summed E-state index contributed by atoms with van der Waals surface area (Å²) in [6.45, 7) is 2.01. The fraction of sp³-hybridized carbons (Fsp3) is 0.471. The van der Waals surface area contributed by atoms with Crippen LogP contribution in [0.1, 0.15) is 25.7 Å². The number of fused-ring (bicyclic) bond motifs is 2. The van der Waals surface area contributed by atoms with Gasteiger partial charge in [0, 0.05) is 35.8 Å². The molecule has 0 amide bonds. The lowest BCUT2D eigenvalue weighted by molar-refractivity contribution is 0.344. The van der Waals surface area contributed by atoms with Crippen molar-refractivity contribution in [1.82, 2.24) is 14.6 Å². The van der Waals surface area contributed by atoms with E-state index in [4.69, 9.17) is 0 Å². The maximum Gasteiger partial charge on any atom is 0.182 e. The average molecular weight is 315 g/mol. The van der Waals surface area contributed by atoms with Gasteiger partial charge in [0.1, 0.15) is 0 Å². The summed E-state index contributed by atoms with van der Waals surface area (Å²) >= 11 is -1.09. The second kappa shape index (κ2) is 6.16. The van der Waals surface area contributed by atoms with E-state index in [2.05, 4.69) is 14.6 Å². The summed E-state index contributed by atoms with van der Waals surface area (Å²) in [5.41, 5.74) is 0. The molecule has 0 saturated carbocycles. The van der Waals surface area contributed by atoms with Crippen molar-refractivity contribution in [3.8, 4) is 0 Å². The standard InChI is InChI=1S/C17H21N3OS/c21-22(17-6-3-4-13-12-18-10-7-14(13)17)20-11-8-15-16(20)5-1-2-9-19-15/h3-4,6-7,10,12,15-16,19H,1-2,5,8-9,11H2. The van der Waals surface area contributed by atoms with Gasteiger partial charge in [-0.1, -0.05) is 18.6 Å². The predicted octanol–water partition coefficient (Wildman–Crippen LogP) is 2.47. The van der Waals surface area contributed by atoms with E-state index in [1.807, 2.05) is 30.5 Å². The summed E-state index contributed by atoms with van der Waals surface area (Å²) in [7, 11) is 0. The first-order chi connectivity index (χ1) is 10.8. The fourth-order valence-electron chi connectivity index (χ4n) is 3.75. The van der Waals surface area contributed by atoms with Crippen molar-refractivity contribution in [3.63, 3.8) is 0 Å². The molecule has 0 spiro atoms. The molecule has 4 nitrogen and oxygen atoms in total. The number of pyridine rings is 1. The third-order valence-electron chi connectivity index (χ3n) is 4.87. The van der Waals surface area contributed by atoms with Crippen molar-refractivity contribution in [3.05, 3.63) is 36.7 Å². The van der Waals surface area contributed by atoms with Gasteiger partial charge in [0.25, 0.3) is 0 Å². The van der Waals surface area contributed by atoms with Crippen molar-refractivity contribution < 1.29 is 4.55 Å². The van der Waals surface area contributed by atoms with Gasteiger partial charge < -0.3 is 9.87 Å². The second-order valence-corrected chi connectivity index (χ2v) is 7.56. The molecule has 0 radical (unpaired) electrons. The summed E-state index contributed by atoms with van der Waals surface area (Å²) in [5.74, 6) is 0. The van der Waals surface area contributed by atoms with Gasteiger partial charge in [-0.05, 0) is 37.9 Å². The molecule has 1 aromatic heterocycles. The lowest BCUT2D eigenvalue weighted by Gasteiger charge is -2.27. The zero-order chi connectivity index (χ0) is 14.9. The number of hydrogen-bond donors (Lipinski definition) is 1. The molecule has 2 aliphatic rings. The largest absolute Gasteiger partial charge is 0.593 e. The van der Waals surface area contributed by atoms with Gasteiger partial charge >= 0.3 is 0 Å². The Labute approximate surface area is 134 Å². The van der Waals surface area contributed by atoms with Crippen LogP contribution in [-0.4, -0.2) is 39.0 Å². The molecular formula is C17H21N3OS. The Bertz CT molecular complexity index is 660. The van der Waals surface area contributed by atoms with Crippen LogP contribution >= 0.6 is 0 Å². The van der Waals surface area contributed by atoms with Crippen molar-refractivity contribution >= 4 is 22.1 Å². The van der Waals surface area contributed by atoms with Crippen LogP contribution in [0.2, 0.25) is 0 Å². The zero-order valence-electron chi connectivity index (χ0n) is 12.6. The molecule has 3 unspecified atom stereocenters. The molecule has 2 fully saturated rings. The highest BCUT2D eigenvalue weighted by Gasteiger charge is 2.42. The van der Waals surface area contributed by atoms with Crippen LogP contribution in [0.3, 0.4) is 0 Å². The molecule has 3 atom stereocenters. The topological polar surface area (TPSA) is 51.2 Å². The molecule has 1 aromatic carbocycles. The smallest absolute Gasteiger partial charge is 0.182 e. The summed E-state index contributed by atoms with van der Waals surface area (Å²) in [6.07, 6.45) is 8.33. The molecule has 116 valence electrons. The van der Waals surface area contributed by atoms with Crippen molar-refractivity contribution in [2.75, 3.05) is 13.1 Å². The lowest BCUT2D eigenvalue weighted by atomic mass is 10.1. The minimum Gasteiger partial charge on any atom is -0.593 e. The van der Waals surface area contributed by atoms with Crippen LogP contribution in [0.5, 0.6) is 0 Å². The van der Waals surface area contributed by atoms with E-state index >= 15 is 0 Å². The average Bonchev–Trinajstić information content (AvgIpc) is 2.82. The quantitative estimate of drug-likeness (QED) is 0.865. The molecule has 22 heavy (non-hydrogen) atoms. The Kier molecular flexibility index (Phi) is 4.05. The summed E-state index contributed by atoms with van der Waals surface area (Å²) in [6, 6.07) is 8.89. The molecule has 2 aliphatic heterocycles. The van der Waals surface area contributed by atoms with E-state index in [0.717, 1.165) is 41.6 Å². The Hall–Kier alpha value is -1.14. The van der Waals surface area contributed by atoms with Gasteiger partial charge in [-0.3, -0.25) is 4.98 Å². The number of nitrogens with one attached hydrogen (secondary N) is 1. The van der Waals surface area contributed by atoms with Gasteiger partial charge in [0.05, 0.1) is 17.4 Å². The van der Waals surface area contributed by atoms with Gasteiger partial charge in [-0.2, -0.15) is 0 Å². The van der Waals surface area contributed by atoms with Gasteiger partial charge in [-0.15, -0.1) is 4.31 Å². The maximum absolute atomic E-state index is 13.2. The summed E-state index contributed by atoms with van der Waals surface area (Å²) < 4.78 is 15.4. The van der Waals surface area contributed by atoms with E-state index in [-0.39, 0.29) is 0 Å². The fourth-order valence-corrected chi connectivity index (χ4v) is 5.34. The minimum atomic E-state index is -1.09. The minimum absolute atomic E-state index is 0.403. The lowest BCUT2D eigenvalue weighted by Crippen LogP contribution is -2.43. The highest BCUT2D eigenvalue weighted by Crippen LogP contribution is 2.33. The molecule has 0 aliphatic carbocycles. The van der Waals surface area contributed by atoms with Crippen LogP contribution in [0.25, 0.3) is 10.8 Å². The first-order valence-electron chi connectivity index (χ1n) is 8.09. The Morgan fingerprint density at radius 3 is 3.14 bits per heavy atom. The molecule has 1 N–H and O–H groups in total. The van der Waals surface area contributed by atoms with Crippen LogP contribution in [0, 0.1) is 0 Å². The third-order valence-corrected chi connectivity index (χ3v) is 6.48. The molecule has 5 heteroatoms. The number of benzene rings is 1. The van der Waals surface area contributed by atoms with Crippen LogP contribution in [0.4, 0.5) is 0 Å². The van der Waals surface area contributed by atoms with E-state index < -0.39 is 11.4 Å². The summed E-state index contributed by atoms with van der Waals surface area (Å²) in [5, 5.41) is 5.75. The molecular weight excluding hydrogens is 294 g/mol. The highest BCUT2D eigenvalue weighted by molar-refractivity contribution is 7.89. The van der Waals surface area contributed by atoms with E-state index in [0.29, 0.717) is 12.1 Å². The Morgan fingerprint density at radius 1 is 1.23 bits per heavy atom.